The predicted octanol–water partition coefficient (Wildman–Crippen LogP) is 3.17. The number of rotatable bonds is 5. The lowest BCUT2D eigenvalue weighted by atomic mass is 9.98. The summed E-state index contributed by atoms with van der Waals surface area (Å²) in [5.74, 6) is 0.922. The number of fused-ring (bicyclic) bond motifs is 1. The van der Waals surface area contributed by atoms with E-state index in [-0.39, 0.29) is 18.0 Å². The van der Waals surface area contributed by atoms with Gasteiger partial charge in [-0.25, -0.2) is 4.98 Å². The van der Waals surface area contributed by atoms with Crippen LogP contribution in [0, 0.1) is 0 Å². The maximum absolute atomic E-state index is 10.9. The van der Waals surface area contributed by atoms with Crippen molar-refractivity contribution in [1.82, 2.24) is 19.5 Å². The number of likely N-dealkylation sites (tertiary alicyclic amines) is 1. The molecule has 6 nitrogen and oxygen atoms in total. The van der Waals surface area contributed by atoms with E-state index in [2.05, 4.69) is 46.2 Å². The second-order valence-electron chi connectivity index (χ2n) is 7.13. The summed E-state index contributed by atoms with van der Waals surface area (Å²) in [6, 6.07) is 8.57. The van der Waals surface area contributed by atoms with Crippen molar-refractivity contribution in [2.45, 2.75) is 51.7 Å². The first-order valence-corrected chi connectivity index (χ1v) is 10.5. The molecule has 1 atom stereocenters. The Balaban J connectivity index is 1.77. The van der Waals surface area contributed by atoms with Gasteiger partial charge in [-0.2, -0.15) is 4.52 Å². The Morgan fingerprint density at radius 3 is 2.44 bits per heavy atom. The van der Waals surface area contributed by atoms with Gasteiger partial charge in [0.05, 0.1) is 17.0 Å². The van der Waals surface area contributed by atoms with Crippen molar-refractivity contribution in [3.8, 4) is 5.88 Å². The SMILES string of the molecule is CCc1ccc([C@@H](c2sc3nc(CC)nn3c2O)N2CCC(O)CC2)cc1. The fraction of sp³-hybridized carbons (Fsp3) is 0.500. The molecule has 0 amide bonds. The molecule has 1 fully saturated rings. The molecule has 1 aromatic carbocycles. The smallest absolute Gasteiger partial charge is 0.230 e. The number of aliphatic hydroxyl groups is 1. The topological polar surface area (TPSA) is 73.9 Å². The minimum Gasteiger partial charge on any atom is -0.492 e. The van der Waals surface area contributed by atoms with Crippen LogP contribution in [0.3, 0.4) is 0 Å². The Kier molecular flexibility index (Phi) is 5.16. The van der Waals surface area contributed by atoms with Crippen LogP contribution in [0.1, 0.15) is 54.6 Å². The maximum atomic E-state index is 10.9. The summed E-state index contributed by atoms with van der Waals surface area (Å²) in [6.45, 7) is 5.76. The molecular weight excluding hydrogens is 360 g/mol. The van der Waals surface area contributed by atoms with E-state index in [1.165, 1.54) is 16.9 Å². The zero-order chi connectivity index (χ0) is 19.0. The summed E-state index contributed by atoms with van der Waals surface area (Å²) < 4.78 is 1.56. The van der Waals surface area contributed by atoms with Crippen molar-refractivity contribution >= 4 is 16.3 Å². The Labute approximate surface area is 163 Å². The van der Waals surface area contributed by atoms with Gasteiger partial charge in [0.1, 0.15) is 0 Å². The highest BCUT2D eigenvalue weighted by atomic mass is 32.1. The van der Waals surface area contributed by atoms with Crippen LogP contribution in [0.2, 0.25) is 0 Å². The second-order valence-corrected chi connectivity index (χ2v) is 8.14. The van der Waals surface area contributed by atoms with Crippen LogP contribution in [0.5, 0.6) is 5.88 Å². The summed E-state index contributed by atoms with van der Waals surface area (Å²) in [5.41, 5.74) is 2.45. The molecular formula is C20H26N4O2S. The van der Waals surface area contributed by atoms with E-state index in [9.17, 15) is 10.2 Å². The quantitative estimate of drug-likeness (QED) is 0.705. The summed E-state index contributed by atoms with van der Waals surface area (Å²) in [6.07, 6.45) is 3.03. The lowest BCUT2D eigenvalue weighted by Gasteiger charge is -2.36. The van der Waals surface area contributed by atoms with E-state index in [1.54, 1.807) is 4.52 Å². The van der Waals surface area contributed by atoms with Gasteiger partial charge in [-0.15, -0.1) is 5.10 Å². The zero-order valence-electron chi connectivity index (χ0n) is 15.8. The minimum atomic E-state index is -0.229. The monoisotopic (exact) mass is 386 g/mol. The molecule has 3 heterocycles. The van der Waals surface area contributed by atoms with Gasteiger partial charge < -0.3 is 10.2 Å². The standard InChI is InChI=1S/C20H26N4O2S/c1-3-13-5-7-14(8-6-13)17(23-11-9-15(25)10-12-23)18-19(26)24-20(27-18)21-16(4-2)22-24/h5-8,15,17,25-26H,3-4,9-12H2,1-2H3/t17-/m0/s1. The molecule has 1 aliphatic heterocycles. The van der Waals surface area contributed by atoms with Gasteiger partial charge in [-0.1, -0.05) is 49.4 Å². The van der Waals surface area contributed by atoms with Gasteiger partial charge in [0.2, 0.25) is 10.8 Å². The van der Waals surface area contributed by atoms with Crippen LogP contribution in [-0.4, -0.2) is 48.9 Å². The summed E-state index contributed by atoms with van der Waals surface area (Å²) in [4.78, 5) is 8.47. The molecule has 1 aliphatic rings. The molecule has 0 unspecified atom stereocenters. The third-order valence-electron chi connectivity index (χ3n) is 5.38. The fourth-order valence-corrected chi connectivity index (χ4v) is 4.86. The summed E-state index contributed by atoms with van der Waals surface area (Å²) >= 11 is 1.50. The first-order chi connectivity index (χ1) is 13.1. The fourth-order valence-electron chi connectivity index (χ4n) is 3.73. The van der Waals surface area contributed by atoms with Crippen LogP contribution in [0.4, 0.5) is 0 Å². The highest BCUT2D eigenvalue weighted by molar-refractivity contribution is 7.17. The van der Waals surface area contributed by atoms with E-state index in [0.717, 1.165) is 60.0 Å². The molecule has 4 rings (SSSR count). The number of benzene rings is 1. The molecule has 0 spiro atoms. The predicted molar refractivity (Wildman–Crippen MR) is 106 cm³/mol. The number of nitrogens with zero attached hydrogens (tertiary/aromatic N) is 4. The zero-order valence-corrected chi connectivity index (χ0v) is 16.6. The molecule has 3 aromatic rings. The largest absolute Gasteiger partial charge is 0.492 e. The molecule has 144 valence electrons. The molecule has 0 saturated carbocycles. The lowest BCUT2D eigenvalue weighted by molar-refractivity contribution is 0.0689. The number of aliphatic hydroxyl groups excluding tert-OH is 1. The van der Waals surface area contributed by atoms with Crippen molar-refractivity contribution in [3.63, 3.8) is 0 Å². The number of aromatic hydroxyl groups is 1. The number of thiazole rings is 1. The van der Waals surface area contributed by atoms with Gasteiger partial charge >= 0.3 is 0 Å². The average molecular weight is 387 g/mol. The van der Waals surface area contributed by atoms with Crippen molar-refractivity contribution < 1.29 is 10.2 Å². The number of hydrogen-bond acceptors (Lipinski definition) is 6. The first-order valence-electron chi connectivity index (χ1n) is 9.69. The van der Waals surface area contributed by atoms with E-state index in [1.807, 2.05) is 6.92 Å². The minimum absolute atomic E-state index is 0.0537. The van der Waals surface area contributed by atoms with Crippen LogP contribution in [-0.2, 0) is 12.8 Å². The lowest BCUT2D eigenvalue weighted by Crippen LogP contribution is -2.38. The molecule has 7 heteroatoms. The Morgan fingerprint density at radius 1 is 1.15 bits per heavy atom. The van der Waals surface area contributed by atoms with Gasteiger partial charge in [0.25, 0.3) is 0 Å². The molecule has 0 bridgehead atoms. The maximum Gasteiger partial charge on any atom is 0.230 e. The van der Waals surface area contributed by atoms with Gasteiger partial charge in [-0.3, -0.25) is 4.90 Å². The molecule has 0 aliphatic carbocycles. The Hall–Kier alpha value is -1.96. The van der Waals surface area contributed by atoms with Crippen molar-refractivity contribution in [1.29, 1.82) is 0 Å². The number of piperidine rings is 1. The normalized spacial score (nSPS) is 17.6. The van der Waals surface area contributed by atoms with Crippen LogP contribution >= 0.6 is 11.3 Å². The molecule has 2 N–H and O–H groups in total. The summed E-state index contributed by atoms with van der Waals surface area (Å²) in [7, 11) is 0. The van der Waals surface area contributed by atoms with E-state index >= 15 is 0 Å². The van der Waals surface area contributed by atoms with Gasteiger partial charge in [0.15, 0.2) is 5.82 Å². The highest BCUT2D eigenvalue weighted by Gasteiger charge is 2.31. The van der Waals surface area contributed by atoms with Crippen LogP contribution < -0.4 is 0 Å². The molecule has 0 radical (unpaired) electrons. The van der Waals surface area contributed by atoms with Crippen molar-refractivity contribution in [2.24, 2.45) is 0 Å². The van der Waals surface area contributed by atoms with E-state index in [0.29, 0.717) is 0 Å². The molecule has 1 saturated heterocycles. The van der Waals surface area contributed by atoms with Gasteiger partial charge in [0, 0.05) is 19.5 Å². The van der Waals surface area contributed by atoms with Crippen LogP contribution in [0.15, 0.2) is 24.3 Å². The van der Waals surface area contributed by atoms with Crippen molar-refractivity contribution in [3.05, 3.63) is 46.1 Å². The van der Waals surface area contributed by atoms with E-state index in [4.69, 9.17) is 0 Å². The third-order valence-corrected chi connectivity index (χ3v) is 6.45. The molecule has 2 aromatic heterocycles. The second kappa shape index (κ2) is 7.58. The highest BCUT2D eigenvalue weighted by Crippen LogP contribution is 2.40. The first kappa shape index (κ1) is 18.4. The van der Waals surface area contributed by atoms with Crippen molar-refractivity contribution in [2.75, 3.05) is 13.1 Å². The third kappa shape index (κ3) is 3.47. The van der Waals surface area contributed by atoms with Gasteiger partial charge in [-0.05, 0) is 30.4 Å². The number of hydrogen-bond donors (Lipinski definition) is 2. The van der Waals surface area contributed by atoms with E-state index < -0.39 is 0 Å². The summed E-state index contributed by atoms with van der Waals surface area (Å²) in [5, 5.41) is 25.2. The number of aryl methyl sites for hydroxylation is 2. The Bertz CT molecular complexity index is 910. The average Bonchev–Trinajstić information content (AvgIpc) is 3.23. The van der Waals surface area contributed by atoms with Crippen LogP contribution in [0.25, 0.3) is 4.96 Å². The number of aromatic nitrogens is 3. The molecule has 27 heavy (non-hydrogen) atoms. The Morgan fingerprint density at radius 2 is 1.85 bits per heavy atom.